The Morgan fingerprint density at radius 3 is 2.53 bits per heavy atom. The van der Waals surface area contributed by atoms with Gasteiger partial charge >= 0.3 is 0 Å². The fraction of sp³-hybridized carbons (Fsp3) is 0.571. The van der Waals surface area contributed by atoms with Crippen LogP contribution in [0.1, 0.15) is 49.4 Å². The second-order valence-corrected chi connectivity index (χ2v) is 4.60. The highest BCUT2D eigenvalue weighted by atomic mass is 14.7. The van der Waals surface area contributed by atoms with E-state index in [1.165, 1.54) is 29.5 Å². The lowest BCUT2D eigenvalue weighted by Gasteiger charge is -2.16. The predicted molar refractivity (Wildman–Crippen MR) is 64.9 cm³/mol. The number of benzene rings is 1. The number of nitrogens with two attached hydrogens (primary N) is 1. The third-order valence-corrected chi connectivity index (χ3v) is 3.49. The van der Waals surface area contributed by atoms with Gasteiger partial charge in [0.05, 0.1) is 0 Å². The van der Waals surface area contributed by atoms with E-state index < -0.39 is 0 Å². The van der Waals surface area contributed by atoms with Crippen LogP contribution >= 0.6 is 0 Å². The zero-order valence-electron chi connectivity index (χ0n) is 9.79. The van der Waals surface area contributed by atoms with Gasteiger partial charge < -0.3 is 5.73 Å². The van der Waals surface area contributed by atoms with Crippen LogP contribution in [0.4, 0.5) is 0 Å². The van der Waals surface area contributed by atoms with Gasteiger partial charge in [0, 0.05) is 6.04 Å². The van der Waals surface area contributed by atoms with Crippen LogP contribution in [0.3, 0.4) is 0 Å². The van der Waals surface area contributed by atoms with E-state index in [0.29, 0.717) is 0 Å². The molecule has 1 atom stereocenters. The van der Waals surface area contributed by atoms with Crippen LogP contribution in [0.2, 0.25) is 0 Å². The van der Waals surface area contributed by atoms with E-state index in [4.69, 9.17) is 5.73 Å². The highest BCUT2D eigenvalue weighted by Crippen LogP contribution is 2.40. The Balaban J connectivity index is 2.31. The Morgan fingerprint density at radius 1 is 1.27 bits per heavy atom. The van der Waals surface area contributed by atoms with Crippen LogP contribution in [-0.2, 0) is 12.8 Å². The Morgan fingerprint density at radius 2 is 2.00 bits per heavy atom. The van der Waals surface area contributed by atoms with Crippen molar-refractivity contribution in [3.8, 4) is 0 Å². The van der Waals surface area contributed by atoms with Gasteiger partial charge in [0.2, 0.25) is 0 Å². The molecule has 2 rings (SSSR count). The molecule has 0 amide bonds. The molecule has 0 spiro atoms. The largest absolute Gasteiger partial charge is 0.324 e. The Labute approximate surface area is 92.7 Å². The number of aryl methyl sites for hydroxylation is 2. The molecule has 0 radical (unpaired) electrons. The Hall–Kier alpha value is -0.820. The number of hydrogen-bond donors (Lipinski definition) is 1. The summed E-state index contributed by atoms with van der Waals surface area (Å²) in [4.78, 5) is 0. The van der Waals surface area contributed by atoms with E-state index in [0.717, 1.165) is 18.8 Å². The lowest BCUT2D eigenvalue weighted by atomic mass is 9.93. The average molecular weight is 203 g/mol. The molecule has 82 valence electrons. The fourth-order valence-electron chi connectivity index (χ4n) is 2.21. The molecular formula is C14H21N. The third-order valence-electron chi connectivity index (χ3n) is 3.49. The number of rotatable bonds is 4. The Kier molecular flexibility index (Phi) is 3.11. The maximum absolute atomic E-state index is 6.30. The zero-order valence-corrected chi connectivity index (χ0v) is 9.79. The van der Waals surface area contributed by atoms with Gasteiger partial charge in [-0.25, -0.2) is 0 Å². The molecule has 2 N–H and O–H groups in total. The summed E-state index contributed by atoms with van der Waals surface area (Å²) in [7, 11) is 0. The molecule has 0 bridgehead atoms. The van der Waals surface area contributed by atoms with E-state index >= 15 is 0 Å². The first-order chi connectivity index (χ1) is 7.26. The van der Waals surface area contributed by atoms with Gasteiger partial charge in [-0.15, -0.1) is 0 Å². The molecule has 1 aliphatic rings. The quantitative estimate of drug-likeness (QED) is 0.799. The monoisotopic (exact) mass is 203 g/mol. The van der Waals surface area contributed by atoms with E-state index in [1.54, 1.807) is 0 Å². The second kappa shape index (κ2) is 4.36. The minimum Gasteiger partial charge on any atom is -0.324 e. The molecule has 1 saturated carbocycles. The molecule has 0 heterocycles. The van der Waals surface area contributed by atoms with E-state index in [-0.39, 0.29) is 6.04 Å². The van der Waals surface area contributed by atoms with Crippen molar-refractivity contribution in [3.05, 3.63) is 34.9 Å². The summed E-state index contributed by atoms with van der Waals surface area (Å²) in [5.41, 5.74) is 10.6. The summed E-state index contributed by atoms with van der Waals surface area (Å²) in [5, 5.41) is 0. The molecule has 0 aliphatic heterocycles. The lowest BCUT2D eigenvalue weighted by molar-refractivity contribution is 0.626. The first-order valence-electron chi connectivity index (χ1n) is 6.13. The highest BCUT2D eigenvalue weighted by molar-refractivity contribution is 5.35. The van der Waals surface area contributed by atoms with Crippen molar-refractivity contribution < 1.29 is 0 Å². The topological polar surface area (TPSA) is 26.0 Å². The molecule has 1 unspecified atom stereocenters. The molecule has 0 saturated heterocycles. The lowest BCUT2D eigenvalue weighted by Crippen LogP contribution is -2.14. The summed E-state index contributed by atoms with van der Waals surface area (Å²) in [6, 6.07) is 7.10. The molecule has 1 nitrogen and oxygen atoms in total. The number of hydrogen-bond acceptors (Lipinski definition) is 1. The molecule has 1 aliphatic carbocycles. The first-order valence-corrected chi connectivity index (χ1v) is 6.13. The summed E-state index contributed by atoms with van der Waals surface area (Å²) >= 11 is 0. The van der Waals surface area contributed by atoms with Gasteiger partial charge in [-0.05, 0) is 48.3 Å². The first kappa shape index (κ1) is 10.7. The molecule has 1 aromatic carbocycles. The summed E-state index contributed by atoms with van der Waals surface area (Å²) in [6.45, 7) is 4.41. The third kappa shape index (κ3) is 2.23. The van der Waals surface area contributed by atoms with Gasteiger partial charge in [-0.3, -0.25) is 0 Å². The van der Waals surface area contributed by atoms with Crippen molar-refractivity contribution >= 4 is 0 Å². The van der Waals surface area contributed by atoms with Crippen molar-refractivity contribution in [1.82, 2.24) is 0 Å². The highest BCUT2D eigenvalue weighted by Gasteiger charge is 2.30. The zero-order chi connectivity index (χ0) is 10.8. The van der Waals surface area contributed by atoms with Gasteiger partial charge in [-0.2, -0.15) is 0 Å². The fourth-order valence-corrected chi connectivity index (χ4v) is 2.21. The smallest absolute Gasteiger partial charge is 0.0326 e. The van der Waals surface area contributed by atoms with Crippen LogP contribution in [0.25, 0.3) is 0 Å². The van der Waals surface area contributed by atoms with Crippen molar-refractivity contribution in [2.24, 2.45) is 11.7 Å². The van der Waals surface area contributed by atoms with Gasteiger partial charge in [-0.1, -0.05) is 32.0 Å². The second-order valence-electron chi connectivity index (χ2n) is 4.60. The summed E-state index contributed by atoms with van der Waals surface area (Å²) < 4.78 is 0. The molecule has 1 fully saturated rings. The standard InChI is InChI=1S/C14H21N/c1-3-10-5-6-11(4-2)13(9-10)14(15)12-7-8-12/h5-6,9,12,14H,3-4,7-8,15H2,1-2H3. The van der Waals surface area contributed by atoms with Crippen molar-refractivity contribution in [2.45, 2.75) is 45.6 Å². The summed E-state index contributed by atoms with van der Waals surface area (Å²) in [5.74, 6) is 0.752. The van der Waals surface area contributed by atoms with Crippen molar-refractivity contribution in [1.29, 1.82) is 0 Å². The van der Waals surface area contributed by atoms with E-state index in [1.807, 2.05) is 0 Å². The van der Waals surface area contributed by atoms with Gasteiger partial charge in [0.15, 0.2) is 0 Å². The van der Waals surface area contributed by atoms with Crippen LogP contribution in [0.5, 0.6) is 0 Å². The summed E-state index contributed by atoms with van der Waals surface area (Å²) in [6.07, 6.45) is 4.84. The van der Waals surface area contributed by atoms with Crippen LogP contribution < -0.4 is 5.73 Å². The van der Waals surface area contributed by atoms with E-state index in [2.05, 4.69) is 32.0 Å². The minimum absolute atomic E-state index is 0.284. The van der Waals surface area contributed by atoms with Crippen molar-refractivity contribution in [3.63, 3.8) is 0 Å². The Bertz CT molecular complexity index is 339. The van der Waals surface area contributed by atoms with Gasteiger partial charge in [0.25, 0.3) is 0 Å². The maximum atomic E-state index is 6.30. The average Bonchev–Trinajstić information content (AvgIpc) is 3.11. The predicted octanol–water partition coefficient (Wildman–Crippen LogP) is 3.22. The maximum Gasteiger partial charge on any atom is 0.0326 e. The van der Waals surface area contributed by atoms with Crippen molar-refractivity contribution in [2.75, 3.05) is 0 Å². The molecule has 15 heavy (non-hydrogen) atoms. The SMILES string of the molecule is CCc1ccc(CC)c(C(N)C2CC2)c1. The van der Waals surface area contributed by atoms with Crippen LogP contribution in [-0.4, -0.2) is 0 Å². The van der Waals surface area contributed by atoms with E-state index in [9.17, 15) is 0 Å². The van der Waals surface area contributed by atoms with Gasteiger partial charge in [0.1, 0.15) is 0 Å². The van der Waals surface area contributed by atoms with Crippen LogP contribution in [0.15, 0.2) is 18.2 Å². The van der Waals surface area contributed by atoms with Crippen LogP contribution in [0, 0.1) is 5.92 Å². The minimum atomic E-state index is 0.284. The molecular weight excluding hydrogens is 182 g/mol. The normalized spacial score (nSPS) is 17.8. The molecule has 1 aromatic rings. The molecule has 1 heteroatoms. The molecule has 0 aromatic heterocycles.